The summed E-state index contributed by atoms with van der Waals surface area (Å²) in [4.78, 5) is 0. The highest BCUT2D eigenvalue weighted by atomic mass is 32.2. The molecule has 0 aromatic heterocycles. The zero-order valence-corrected chi connectivity index (χ0v) is 10.9. The second-order valence-corrected chi connectivity index (χ2v) is 5.75. The molecule has 16 heavy (non-hydrogen) atoms. The second kappa shape index (κ2) is 6.81. The van der Waals surface area contributed by atoms with Crippen molar-refractivity contribution < 1.29 is 4.21 Å². The molecular formula is C13H21NOS. The topological polar surface area (TPSA) is 43.1 Å². The molecule has 0 aliphatic carbocycles. The number of rotatable bonds is 6. The van der Waals surface area contributed by atoms with Gasteiger partial charge in [0.05, 0.1) is 0 Å². The molecule has 1 rings (SSSR count). The van der Waals surface area contributed by atoms with Crippen LogP contribution in [0.4, 0.5) is 0 Å². The van der Waals surface area contributed by atoms with Gasteiger partial charge >= 0.3 is 0 Å². The van der Waals surface area contributed by atoms with Crippen LogP contribution in [0.1, 0.15) is 36.9 Å². The lowest BCUT2D eigenvalue weighted by atomic mass is 10.0. The predicted molar refractivity (Wildman–Crippen MR) is 70.9 cm³/mol. The van der Waals surface area contributed by atoms with Crippen LogP contribution in [0.3, 0.4) is 0 Å². The van der Waals surface area contributed by atoms with E-state index in [0.717, 1.165) is 24.2 Å². The normalized spacial score (nSPS) is 14.7. The van der Waals surface area contributed by atoms with Crippen molar-refractivity contribution in [3.8, 4) is 0 Å². The highest BCUT2D eigenvalue weighted by Gasteiger charge is 2.11. The molecule has 2 N–H and O–H groups in total. The lowest BCUT2D eigenvalue weighted by Crippen LogP contribution is -2.20. The Morgan fingerprint density at radius 1 is 1.38 bits per heavy atom. The molecule has 1 aromatic carbocycles. The van der Waals surface area contributed by atoms with Crippen molar-refractivity contribution in [1.29, 1.82) is 0 Å². The Morgan fingerprint density at radius 3 is 2.69 bits per heavy atom. The van der Waals surface area contributed by atoms with Crippen molar-refractivity contribution in [1.82, 2.24) is 0 Å². The van der Waals surface area contributed by atoms with Crippen LogP contribution in [-0.4, -0.2) is 15.7 Å². The summed E-state index contributed by atoms with van der Waals surface area (Å²) in [6.07, 6.45) is 2.11. The zero-order chi connectivity index (χ0) is 12.0. The first kappa shape index (κ1) is 13.4. The first-order valence-electron chi connectivity index (χ1n) is 5.81. The molecule has 0 fully saturated rings. The molecule has 0 amide bonds. The van der Waals surface area contributed by atoms with Gasteiger partial charge in [-0.2, -0.15) is 0 Å². The summed E-state index contributed by atoms with van der Waals surface area (Å²) in [7, 11) is -0.784. The van der Waals surface area contributed by atoms with Crippen LogP contribution in [0.5, 0.6) is 0 Å². The Hall–Kier alpha value is -0.670. The molecule has 3 heteroatoms. The van der Waals surface area contributed by atoms with Gasteiger partial charge < -0.3 is 5.73 Å². The maximum atomic E-state index is 11.7. The van der Waals surface area contributed by atoms with Gasteiger partial charge in [-0.25, -0.2) is 0 Å². The molecule has 0 saturated heterocycles. The van der Waals surface area contributed by atoms with Crippen LogP contribution in [0.15, 0.2) is 24.3 Å². The maximum Gasteiger partial charge on any atom is 0.0428 e. The van der Waals surface area contributed by atoms with Crippen molar-refractivity contribution in [2.75, 3.05) is 11.5 Å². The van der Waals surface area contributed by atoms with Crippen molar-refractivity contribution >= 4 is 10.8 Å². The van der Waals surface area contributed by atoms with E-state index < -0.39 is 10.8 Å². The standard InChI is InChI=1S/C13H21NOS/c1-3-4-9-16(15)10-13(14)12-8-6-5-7-11(12)2/h5-8,13H,3-4,9-10,14H2,1-2H3. The van der Waals surface area contributed by atoms with Gasteiger partial charge in [-0.15, -0.1) is 0 Å². The molecule has 0 saturated carbocycles. The predicted octanol–water partition coefficient (Wildman–Crippen LogP) is 2.54. The zero-order valence-electron chi connectivity index (χ0n) is 10.1. The molecule has 0 aliphatic rings. The van der Waals surface area contributed by atoms with Crippen LogP contribution in [0.25, 0.3) is 0 Å². The molecule has 0 spiro atoms. The Kier molecular flexibility index (Phi) is 5.71. The number of nitrogens with two attached hydrogens (primary N) is 1. The first-order valence-corrected chi connectivity index (χ1v) is 7.30. The van der Waals surface area contributed by atoms with E-state index in [0.29, 0.717) is 5.75 Å². The lowest BCUT2D eigenvalue weighted by Gasteiger charge is -2.14. The number of benzene rings is 1. The van der Waals surface area contributed by atoms with E-state index in [1.807, 2.05) is 31.2 Å². The van der Waals surface area contributed by atoms with Crippen molar-refractivity contribution in [2.24, 2.45) is 5.73 Å². The monoisotopic (exact) mass is 239 g/mol. The van der Waals surface area contributed by atoms with Gasteiger partial charge in [0.2, 0.25) is 0 Å². The fraction of sp³-hybridized carbons (Fsp3) is 0.538. The van der Waals surface area contributed by atoms with Crippen LogP contribution < -0.4 is 5.73 Å². The Balaban J connectivity index is 2.55. The Bertz CT molecular complexity index is 352. The number of hydrogen-bond acceptors (Lipinski definition) is 2. The summed E-state index contributed by atoms with van der Waals surface area (Å²) < 4.78 is 11.7. The van der Waals surface area contributed by atoms with E-state index in [9.17, 15) is 4.21 Å². The van der Waals surface area contributed by atoms with Crippen LogP contribution in [-0.2, 0) is 10.8 Å². The molecular weight excluding hydrogens is 218 g/mol. The molecule has 0 aliphatic heterocycles. The molecule has 2 atom stereocenters. The fourth-order valence-corrected chi connectivity index (χ4v) is 3.04. The third-order valence-electron chi connectivity index (χ3n) is 2.68. The Labute approximate surface area is 101 Å². The molecule has 0 radical (unpaired) electrons. The quantitative estimate of drug-likeness (QED) is 0.829. The van der Waals surface area contributed by atoms with Gasteiger partial charge in [0.1, 0.15) is 0 Å². The molecule has 1 aromatic rings. The summed E-state index contributed by atoms with van der Waals surface area (Å²) in [5.41, 5.74) is 8.38. The summed E-state index contributed by atoms with van der Waals surface area (Å²) >= 11 is 0. The van der Waals surface area contributed by atoms with Crippen molar-refractivity contribution in [2.45, 2.75) is 32.7 Å². The fourth-order valence-electron chi connectivity index (χ4n) is 1.68. The van der Waals surface area contributed by atoms with Gasteiger partial charge in [-0.3, -0.25) is 4.21 Å². The highest BCUT2D eigenvalue weighted by Crippen LogP contribution is 2.16. The SMILES string of the molecule is CCCCS(=O)CC(N)c1ccccc1C. The minimum atomic E-state index is -0.784. The third-order valence-corrected chi connectivity index (χ3v) is 4.15. The molecule has 2 nitrogen and oxygen atoms in total. The van der Waals surface area contributed by atoms with E-state index in [1.54, 1.807) is 0 Å². The number of aryl methyl sites for hydroxylation is 1. The molecule has 0 bridgehead atoms. The number of hydrogen-bond donors (Lipinski definition) is 1. The average molecular weight is 239 g/mol. The summed E-state index contributed by atoms with van der Waals surface area (Å²) in [5.74, 6) is 1.35. The smallest absolute Gasteiger partial charge is 0.0428 e. The maximum absolute atomic E-state index is 11.7. The minimum Gasteiger partial charge on any atom is -0.323 e. The van der Waals surface area contributed by atoms with E-state index in [4.69, 9.17) is 5.73 Å². The highest BCUT2D eigenvalue weighted by molar-refractivity contribution is 7.85. The number of unbranched alkanes of at least 4 members (excludes halogenated alkanes) is 1. The first-order chi connectivity index (χ1) is 7.65. The van der Waals surface area contributed by atoms with Gasteiger partial charge in [-0.05, 0) is 24.5 Å². The van der Waals surface area contributed by atoms with E-state index in [-0.39, 0.29) is 6.04 Å². The van der Waals surface area contributed by atoms with Gasteiger partial charge in [0.15, 0.2) is 0 Å². The van der Waals surface area contributed by atoms with E-state index >= 15 is 0 Å². The van der Waals surface area contributed by atoms with Gasteiger partial charge in [-0.1, -0.05) is 37.6 Å². The molecule has 2 unspecified atom stereocenters. The molecule has 0 heterocycles. The minimum absolute atomic E-state index is 0.0983. The van der Waals surface area contributed by atoms with Crippen LogP contribution in [0.2, 0.25) is 0 Å². The van der Waals surface area contributed by atoms with Crippen LogP contribution in [0, 0.1) is 6.92 Å². The summed E-state index contributed by atoms with van der Waals surface area (Å²) in [6.45, 7) is 4.16. The van der Waals surface area contributed by atoms with Gasteiger partial charge in [0.25, 0.3) is 0 Å². The van der Waals surface area contributed by atoms with Crippen LogP contribution >= 0.6 is 0 Å². The third kappa shape index (κ3) is 4.06. The van der Waals surface area contributed by atoms with Gasteiger partial charge in [0, 0.05) is 28.3 Å². The summed E-state index contributed by atoms with van der Waals surface area (Å²) in [5, 5.41) is 0. The van der Waals surface area contributed by atoms with E-state index in [2.05, 4.69) is 6.92 Å². The average Bonchev–Trinajstić information content (AvgIpc) is 2.26. The molecule has 90 valence electrons. The summed E-state index contributed by atoms with van der Waals surface area (Å²) in [6, 6.07) is 7.96. The largest absolute Gasteiger partial charge is 0.323 e. The van der Waals surface area contributed by atoms with Crippen molar-refractivity contribution in [3.63, 3.8) is 0 Å². The van der Waals surface area contributed by atoms with E-state index in [1.165, 1.54) is 5.56 Å². The lowest BCUT2D eigenvalue weighted by molar-refractivity contribution is 0.671. The Morgan fingerprint density at radius 2 is 2.06 bits per heavy atom. The second-order valence-electron chi connectivity index (χ2n) is 4.13. The van der Waals surface area contributed by atoms with Crippen molar-refractivity contribution in [3.05, 3.63) is 35.4 Å².